The van der Waals surface area contributed by atoms with Gasteiger partial charge in [-0.2, -0.15) is 0 Å². The van der Waals surface area contributed by atoms with Gasteiger partial charge in [0, 0.05) is 13.5 Å². The van der Waals surface area contributed by atoms with Crippen LogP contribution in [-0.4, -0.2) is 66.5 Å². The molecule has 0 rings (SSSR count). The van der Waals surface area contributed by atoms with Gasteiger partial charge in [0.05, 0.1) is 13.2 Å². The Kier molecular flexibility index (Phi) is 13.5. The number of carbonyl (C=O) groups excluding carboxylic acids is 4. The molecular formula is C13H26ClN7O5. The summed E-state index contributed by atoms with van der Waals surface area (Å²) >= 11 is 0. The Morgan fingerprint density at radius 3 is 2.15 bits per heavy atom. The van der Waals surface area contributed by atoms with Crippen LogP contribution in [0.2, 0.25) is 0 Å². The maximum Gasteiger partial charge on any atom is 0.245 e. The van der Waals surface area contributed by atoms with E-state index in [2.05, 4.69) is 20.9 Å². The average molecular weight is 396 g/mol. The predicted molar refractivity (Wildman–Crippen MR) is 96.0 cm³/mol. The molecular weight excluding hydrogens is 370 g/mol. The highest BCUT2D eigenvalue weighted by Crippen LogP contribution is 1.97. The molecule has 0 fully saturated rings. The number of primary amides is 1. The van der Waals surface area contributed by atoms with Crippen molar-refractivity contribution in [2.45, 2.75) is 31.8 Å². The Balaban J connectivity index is 0. The van der Waals surface area contributed by atoms with Crippen molar-refractivity contribution in [3.05, 3.63) is 0 Å². The zero-order valence-electron chi connectivity index (χ0n) is 14.4. The normalized spacial score (nSPS) is 11.9. The van der Waals surface area contributed by atoms with Crippen LogP contribution in [0, 0.1) is 0 Å². The summed E-state index contributed by atoms with van der Waals surface area (Å²) in [7, 11) is 0. The lowest BCUT2D eigenvalue weighted by Gasteiger charge is -2.17. The number of aliphatic imine (C=N–C) groups is 1. The van der Waals surface area contributed by atoms with Gasteiger partial charge in [0.15, 0.2) is 5.96 Å². The van der Waals surface area contributed by atoms with Crippen LogP contribution in [0.4, 0.5) is 0 Å². The predicted octanol–water partition coefficient (Wildman–Crippen LogP) is -3.95. The van der Waals surface area contributed by atoms with Crippen LogP contribution in [0.3, 0.4) is 0 Å². The van der Waals surface area contributed by atoms with Crippen molar-refractivity contribution in [2.75, 3.05) is 19.7 Å². The molecule has 0 bridgehead atoms. The lowest BCUT2D eigenvalue weighted by Crippen LogP contribution is -2.52. The molecule has 150 valence electrons. The smallest absolute Gasteiger partial charge is 0.245 e. The van der Waals surface area contributed by atoms with Gasteiger partial charge in [0.1, 0.15) is 12.1 Å². The Morgan fingerprint density at radius 2 is 1.69 bits per heavy atom. The quantitative estimate of drug-likeness (QED) is 0.104. The Morgan fingerprint density at radius 1 is 1.08 bits per heavy atom. The average Bonchev–Trinajstić information content (AvgIpc) is 2.52. The van der Waals surface area contributed by atoms with Crippen LogP contribution in [0.15, 0.2) is 4.99 Å². The van der Waals surface area contributed by atoms with Crippen molar-refractivity contribution >= 4 is 42.0 Å². The largest absolute Gasteiger partial charge is 0.394 e. The number of guanidine groups is 1. The number of nitrogens with one attached hydrogen (secondary N) is 3. The number of rotatable bonds is 11. The van der Waals surface area contributed by atoms with E-state index in [9.17, 15) is 19.2 Å². The fraction of sp³-hybridized carbons (Fsp3) is 0.615. The second kappa shape index (κ2) is 13.7. The molecule has 0 aliphatic rings. The van der Waals surface area contributed by atoms with Crippen LogP contribution >= 0.6 is 12.4 Å². The summed E-state index contributed by atoms with van der Waals surface area (Å²) in [5.41, 5.74) is 15.5. The molecule has 4 amide bonds. The van der Waals surface area contributed by atoms with E-state index in [0.717, 1.165) is 0 Å². The van der Waals surface area contributed by atoms with Crippen LogP contribution in [0.25, 0.3) is 0 Å². The summed E-state index contributed by atoms with van der Waals surface area (Å²) in [6.45, 7) is 0.379. The molecule has 0 saturated carbocycles. The molecule has 2 atom stereocenters. The van der Waals surface area contributed by atoms with Gasteiger partial charge in [0.2, 0.25) is 23.6 Å². The first kappa shape index (κ1) is 25.6. The fourth-order valence-corrected chi connectivity index (χ4v) is 1.76. The summed E-state index contributed by atoms with van der Waals surface area (Å²) < 4.78 is 0. The maximum absolute atomic E-state index is 11.8. The molecule has 0 aromatic heterocycles. The van der Waals surface area contributed by atoms with E-state index in [-0.39, 0.29) is 31.3 Å². The number of aliphatic hydroxyl groups excluding tert-OH is 1. The standard InChI is InChI=1S/C13H25N7O5.ClH/c1-7(22)19-9(6-21)12(25)18-5-10(23)20-8(11(14)24)3-2-4-17-13(15)16;/h8-9,21H,2-6H2,1H3,(H2,14,24)(H,18,25)(H,19,22)(H,20,23)(H4,15,16,17);1H. The van der Waals surface area contributed by atoms with Crippen LogP contribution in [-0.2, 0) is 19.2 Å². The van der Waals surface area contributed by atoms with Gasteiger partial charge in [-0.05, 0) is 12.8 Å². The second-order valence-corrected chi connectivity index (χ2v) is 5.12. The van der Waals surface area contributed by atoms with Crippen molar-refractivity contribution < 1.29 is 24.3 Å². The molecule has 13 heteroatoms. The lowest BCUT2D eigenvalue weighted by molar-refractivity contribution is -0.131. The zero-order chi connectivity index (χ0) is 19.4. The molecule has 0 heterocycles. The monoisotopic (exact) mass is 395 g/mol. The summed E-state index contributed by atoms with van der Waals surface area (Å²) in [5.74, 6) is -2.72. The van der Waals surface area contributed by atoms with Crippen molar-refractivity contribution in [1.29, 1.82) is 0 Å². The number of halogens is 1. The minimum absolute atomic E-state index is 0. The van der Waals surface area contributed by atoms with Crippen LogP contribution in [0.1, 0.15) is 19.8 Å². The minimum Gasteiger partial charge on any atom is -0.394 e. The van der Waals surface area contributed by atoms with Crippen molar-refractivity contribution in [2.24, 2.45) is 22.2 Å². The fourth-order valence-electron chi connectivity index (χ4n) is 1.76. The molecule has 12 nitrogen and oxygen atoms in total. The molecule has 2 unspecified atom stereocenters. The first-order valence-electron chi connectivity index (χ1n) is 7.47. The van der Waals surface area contributed by atoms with E-state index >= 15 is 0 Å². The van der Waals surface area contributed by atoms with E-state index in [1.54, 1.807) is 0 Å². The van der Waals surface area contributed by atoms with Gasteiger partial charge in [0.25, 0.3) is 0 Å². The highest BCUT2D eigenvalue weighted by Gasteiger charge is 2.21. The van der Waals surface area contributed by atoms with Crippen LogP contribution in [0.5, 0.6) is 0 Å². The molecule has 0 spiro atoms. The molecule has 26 heavy (non-hydrogen) atoms. The number of nitrogens with two attached hydrogens (primary N) is 3. The first-order chi connectivity index (χ1) is 11.7. The van der Waals surface area contributed by atoms with Gasteiger partial charge < -0.3 is 38.3 Å². The van der Waals surface area contributed by atoms with Crippen molar-refractivity contribution in [3.8, 4) is 0 Å². The summed E-state index contributed by atoms with van der Waals surface area (Å²) in [6.07, 6.45) is 0.629. The lowest BCUT2D eigenvalue weighted by atomic mass is 10.1. The topological polar surface area (TPSA) is 215 Å². The van der Waals surface area contributed by atoms with E-state index in [1.165, 1.54) is 6.92 Å². The maximum atomic E-state index is 11.8. The van der Waals surface area contributed by atoms with Crippen molar-refractivity contribution in [3.63, 3.8) is 0 Å². The Bertz CT molecular complexity index is 525. The third kappa shape index (κ3) is 11.9. The van der Waals surface area contributed by atoms with Gasteiger partial charge >= 0.3 is 0 Å². The number of aliphatic hydroxyl groups is 1. The third-order valence-corrected chi connectivity index (χ3v) is 2.92. The summed E-state index contributed by atoms with van der Waals surface area (Å²) in [6, 6.07) is -2.11. The highest BCUT2D eigenvalue weighted by molar-refractivity contribution is 5.92. The molecule has 0 aromatic rings. The molecule has 0 radical (unpaired) electrons. The Hall–Kier alpha value is -2.60. The minimum atomic E-state index is -1.17. The second-order valence-electron chi connectivity index (χ2n) is 5.12. The van der Waals surface area contributed by atoms with Crippen molar-refractivity contribution in [1.82, 2.24) is 16.0 Å². The van der Waals surface area contributed by atoms with Gasteiger partial charge in [-0.25, -0.2) is 0 Å². The number of amides is 4. The molecule has 0 aliphatic heterocycles. The number of hydrogen-bond donors (Lipinski definition) is 7. The third-order valence-electron chi connectivity index (χ3n) is 2.92. The van der Waals surface area contributed by atoms with E-state index < -0.39 is 48.9 Å². The molecule has 0 aromatic carbocycles. The number of nitrogens with zero attached hydrogens (tertiary/aromatic N) is 1. The van der Waals surface area contributed by atoms with E-state index in [1.807, 2.05) is 0 Å². The summed E-state index contributed by atoms with van der Waals surface area (Å²) in [5, 5.41) is 15.8. The zero-order valence-corrected chi connectivity index (χ0v) is 15.2. The van der Waals surface area contributed by atoms with Gasteiger partial charge in [-0.3, -0.25) is 24.2 Å². The molecule has 10 N–H and O–H groups in total. The highest BCUT2D eigenvalue weighted by atomic mass is 35.5. The van der Waals surface area contributed by atoms with Crippen LogP contribution < -0.4 is 33.2 Å². The first-order valence-corrected chi connectivity index (χ1v) is 7.47. The Labute approximate surface area is 156 Å². The summed E-state index contributed by atoms with van der Waals surface area (Å²) in [4.78, 5) is 49.5. The number of hydrogen-bond acceptors (Lipinski definition) is 6. The van der Waals surface area contributed by atoms with E-state index in [4.69, 9.17) is 22.3 Å². The van der Waals surface area contributed by atoms with E-state index in [0.29, 0.717) is 6.42 Å². The molecule has 0 saturated heterocycles. The van der Waals surface area contributed by atoms with Gasteiger partial charge in [-0.1, -0.05) is 0 Å². The number of carbonyl (C=O) groups is 4. The SMILES string of the molecule is CC(=O)NC(CO)C(=O)NCC(=O)NC(CCCN=C(N)N)C(N)=O.Cl. The molecule has 0 aliphatic carbocycles. The van der Waals surface area contributed by atoms with Gasteiger partial charge in [-0.15, -0.1) is 12.4 Å².